The molecule has 0 saturated carbocycles. The monoisotopic (exact) mass is 1070 g/mol. The number of aliphatic hydroxyl groups is 3. The first-order valence-electron chi connectivity index (χ1n) is 26.7. The topological polar surface area (TPSA) is 171 Å². The fourth-order valence-corrected chi connectivity index (χ4v) is 9.76. The Morgan fingerprint density at radius 3 is 1.19 bits per heavy atom. The van der Waals surface area contributed by atoms with Gasteiger partial charge in [0.05, 0.1) is 65.6 Å². The second-order valence-electron chi connectivity index (χ2n) is 19.6. The van der Waals surface area contributed by atoms with Crippen molar-refractivity contribution in [1.82, 2.24) is 0 Å². The zero-order valence-electron chi connectivity index (χ0n) is 43.9. The molecule has 0 spiro atoms. The molecule has 6 aromatic rings. The fraction of sp³-hybridized carbons (Fsp3) is 0.397. The summed E-state index contributed by atoms with van der Waals surface area (Å²) in [6.45, 7) is 6.82. The largest absolute Gasteiger partial charge is 0.387 e. The van der Waals surface area contributed by atoms with Gasteiger partial charge in [-0.05, 0) is 40.3 Å². The summed E-state index contributed by atoms with van der Waals surface area (Å²) in [4.78, 5) is 0. The van der Waals surface area contributed by atoms with Gasteiger partial charge in [-0.15, -0.1) is 6.58 Å². The van der Waals surface area contributed by atoms with E-state index in [9.17, 15) is 15.3 Å². The number of aliphatic hydroxyl groups excluding tert-OH is 3. The molecule has 9 rings (SSSR count). The Balaban J connectivity index is 1.10. The van der Waals surface area contributed by atoms with Crippen molar-refractivity contribution < 1.29 is 72.2 Å². The lowest BCUT2D eigenvalue weighted by Gasteiger charge is -2.51. The lowest BCUT2D eigenvalue weighted by molar-refractivity contribution is -0.394. The smallest absolute Gasteiger partial charge is 0.187 e. The van der Waals surface area contributed by atoms with E-state index in [1.165, 1.54) is 0 Å². The van der Waals surface area contributed by atoms with Gasteiger partial charge in [0, 0.05) is 0 Å². The third-order valence-electron chi connectivity index (χ3n) is 13.9. The van der Waals surface area contributed by atoms with Gasteiger partial charge in [-0.2, -0.15) is 0 Å². The first-order valence-corrected chi connectivity index (χ1v) is 26.7. The molecule has 3 aliphatic rings. The minimum Gasteiger partial charge on any atom is -0.387 e. The third kappa shape index (κ3) is 15.8. The van der Waals surface area contributed by atoms with Gasteiger partial charge in [0.1, 0.15) is 67.1 Å². The molecule has 3 saturated heterocycles. The molecule has 3 heterocycles. The van der Waals surface area contributed by atoms with Crippen LogP contribution < -0.4 is 0 Å². The molecule has 3 aliphatic heterocycles. The second-order valence-corrected chi connectivity index (χ2v) is 19.6. The molecular weight excluding hydrogens is 997 g/mol. The van der Waals surface area contributed by atoms with Crippen molar-refractivity contribution in [2.75, 3.05) is 19.8 Å². The van der Waals surface area contributed by atoms with Gasteiger partial charge in [-0.25, -0.2) is 0 Å². The van der Waals surface area contributed by atoms with Crippen LogP contribution in [0.5, 0.6) is 0 Å². The Kier molecular flexibility index (Phi) is 21.7. The molecule has 15 atom stereocenters. The minimum absolute atomic E-state index is 0.0568. The molecule has 0 aliphatic carbocycles. The van der Waals surface area contributed by atoms with E-state index in [0.717, 1.165) is 33.4 Å². The van der Waals surface area contributed by atoms with Crippen molar-refractivity contribution in [2.45, 2.75) is 139 Å². The number of ether oxygens (including phenoxy) is 12. The second kappa shape index (κ2) is 29.6. The van der Waals surface area contributed by atoms with Crippen LogP contribution in [0.25, 0.3) is 0 Å². The minimum atomic E-state index is -1.75. The van der Waals surface area contributed by atoms with Gasteiger partial charge in [-0.1, -0.05) is 188 Å². The first-order chi connectivity index (χ1) is 38.3. The van der Waals surface area contributed by atoms with E-state index in [0.29, 0.717) is 0 Å². The van der Waals surface area contributed by atoms with Crippen molar-refractivity contribution in [3.05, 3.63) is 228 Å². The highest BCUT2D eigenvalue weighted by Gasteiger charge is 2.56. The number of benzene rings is 6. The zero-order valence-corrected chi connectivity index (χ0v) is 43.9. The maximum absolute atomic E-state index is 11.8. The third-order valence-corrected chi connectivity index (χ3v) is 13.9. The summed E-state index contributed by atoms with van der Waals surface area (Å²) in [6, 6.07) is 58.4. The van der Waals surface area contributed by atoms with Crippen molar-refractivity contribution in [1.29, 1.82) is 0 Å². The zero-order chi connectivity index (χ0) is 53.9. The van der Waals surface area contributed by atoms with E-state index >= 15 is 0 Å². The van der Waals surface area contributed by atoms with Crippen LogP contribution in [0.3, 0.4) is 0 Å². The van der Waals surface area contributed by atoms with Gasteiger partial charge in [0.15, 0.2) is 18.9 Å². The molecule has 0 unspecified atom stereocenters. The molecular formula is C63H72O15. The predicted molar refractivity (Wildman–Crippen MR) is 288 cm³/mol. The molecule has 15 nitrogen and oxygen atoms in total. The Hall–Kier alpha value is -5.54. The lowest BCUT2D eigenvalue weighted by Crippen LogP contribution is -2.67. The molecule has 6 aromatic carbocycles. The highest BCUT2D eigenvalue weighted by Crippen LogP contribution is 2.38. The van der Waals surface area contributed by atoms with Crippen LogP contribution in [-0.4, -0.2) is 127 Å². The quantitative estimate of drug-likeness (QED) is 0.0424. The van der Waals surface area contributed by atoms with Crippen LogP contribution in [-0.2, 0) is 96.5 Å². The van der Waals surface area contributed by atoms with Crippen LogP contribution in [0.4, 0.5) is 0 Å². The molecule has 0 bridgehead atoms. The molecule has 3 fully saturated rings. The summed E-state index contributed by atoms with van der Waals surface area (Å²) in [7, 11) is 0. The fourth-order valence-electron chi connectivity index (χ4n) is 9.76. The number of hydrogen-bond donors (Lipinski definition) is 3. The van der Waals surface area contributed by atoms with Gasteiger partial charge in [0.25, 0.3) is 0 Å². The normalized spacial score (nSPS) is 29.2. The van der Waals surface area contributed by atoms with Crippen molar-refractivity contribution in [2.24, 2.45) is 0 Å². The highest BCUT2D eigenvalue weighted by molar-refractivity contribution is 5.18. The average molecular weight is 1070 g/mol. The molecule has 15 heteroatoms. The Morgan fingerprint density at radius 1 is 0.372 bits per heavy atom. The number of hydrogen-bond acceptors (Lipinski definition) is 15. The molecule has 78 heavy (non-hydrogen) atoms. The van der Waals surface area contributed by atoms with Crippen molar-refractivity contribution in [3.8, 4) is 0 Å². The van der Waals surface area contributed by atoms with Crippen molar-refractivity contribution >= 4 is 0 Å². The SMILES string of the molecule is C=CCO[C@@H]1O[C@H](COCc2ccccc2)[C@@H](O[C@@H]2O[C@@H](C)[C@@H](OCc3ccccc3)[C@@H](OCc3ccccc3)[C@@H]2OCc2ccccc2)[C@H](O[C@@H]2O[C@H](COCc3ccccc3)[C@H](O)[C@H](O)[C@H]2O)[C@H]1OCc1ccccc1. The molecule has 414 valence electrons. The average Bonchev–Trinajstić information content (AvgIpc) is 3.52. The maximum Gasteiger partial charge on any atom is 0.187 e. The Morgan fingerprint density at radius 2 is 0.744 bits per heavy atom. The van der Waals surface area contributed by atoms with Crippen molar-refractivity contribution in [3.63, 3.8) is 0 Å². The van der Waals surface area contributed by atoms with Crippen LogP contribution in [0.1, 0.15) is 40.3 Å². The maximum atomic E-state index is 11.8. The van der Waals surface area contributed by atoms with Gasteiger partial charge in [0.2, 0.25) is 0 Å². The predicted octanol–water partition coefficient (Wildman–Crippen LogP) is 8.01. The van der Waals surface area contributed by atoms with E-state index in [-0.39, 0.29) is 59.5 Å². The van der Waals surface area contributed by atoms with Gasteiger partial charge in [-0.3, -0.25) is 0 Å². The van der Waals surface area contributed by atoms with Crippen LogP contribution >= 0.6 is 0 Å². The Labute approximate surface area is 457 Å². The van der Waals surface area contributed by atoms with E-state index in [1.54, 1.807) is 6.08 Å². The van der Waals surface area contributed by atoms with Crippen LogP contribution in [0, 0.1) is 0 Å². The summed E-state index contributed by atoms with van der Waals surface area (Å²) in [5.41, 5.74) is 5.47. The summed E-state index contributed by atoms with van der Waals surface area (Å²) in [5, 5.41) is 34.7. The molecule has 0 radical (unpaired) electrons. The summed E-state index contributed by atoms with van der Waals surface area (Å²) in [6.07, 6.45) is -16.0. The standard InChI is InChI=1S/C63H72O15/c1-3-34-69-62-60(73-40-49-32-20-9-21-33-49)58(78-61-54(66)53(65)52(64)50(75-61)41-67-35-44-22-10-4-11-23-44)56(51(76-62)42-68-36-45-24-12-5-13-25-45)77-63-59(72-39-48-30-18-8-19-31-48)57(71-38-47-28-16-7-17-29-47)55(43(2)74-63)70-37-46-26-14-6-15-27-46/h3-33,43,50-66H,1,34-42H2,2H3/t43-,50+,51+,52-,53-,54+,55+,56+,57+,58-,59-,60+,61-,62+,63-/m0/s1. The van der Waals surface area contributed by atoms with Gasteiger partial charge < -0.3 is 72.2 Å². The summed E-state index contributed by atoms with van der Waals surface area (Å²) >= 11 is 0. The van der Waals surface area contributed by atoms with E-state index in [4.69, 9.17) is 56.8 Å². The highest BCUT2D eigenvalue weighted by atomic mass is 16.8. The first kappa shape index (κ1) is 57.2. The molecule has 0 aromatic heterocycles. The van der Waals surface area contributed by atoms with E-state index in [1.807, 2.05) is 189 Å². The van der Waals surface area contributed by atoms with E-state index < -0.39 is 92.1 Å². The molecule has 0 amide bonds. The van der Waals surface area contributed by atoms with Crippen LogP contribution in [0.15, 0.2) is 195 Å². The lowest BCUT2D eigenvalue weighted by atomic mass is 9.95. The van der Waals surface area contributed by atoms with E-state index in [2.05, 4.69) is 6.58 Å². The summed E-state index contributed by atoms with van der Waals surface area (Å²) in [5.74, 6) is 0. The van der Waals surface area contributed by atoms with Gasteiger partial charge >= 0.3 is 0 Å². The van der Waals surface area contributed by atoms with Crippen LogP contribution in [0.2, 0.25) is 0 Å². The molecule has 3 N–H and O–H groups in total. The Bertz CT molecular complexity index is 2610. The summed E-state index contributed by atoms with van der Waals surface area (Å²) < 4.78 is 81.2. The number of rotatable bonds is 27.